The van der Waals surface area contributed by atoms with Crippen molar-refractivity contribution in [2.45, 2.75) is 59.8 Å². The molecule has 1 atom stereocenters. The van der Waals surface area contributed by atoms with Crippen molar-refractivity contribution in [1.82, 2.24) is 5.32 Å². The van der Waals surface area contributed by atoms with Gasteiger partial charge in [0.15, 0.2) is 0 Å². The second-order valence-corrected chi connectivity index (χ2v) is 5.62. The molecule has 17 heavy (non-hydrogen) atoms. The Hall–Kier alpha value is -0.0800. The highest BCUT2D eigenvalue weighted by Gasteiger charge is 2.25. The van der Waals surface area contributed by atoms with Gasteiger partial charge in [0.2, 0.25) is 0 Å². The molecule has 104 valence electrons. The molecule has 0 aliphatic heterocycles. The molecule has 2 heteroatoms. The van der Waals surface area contributed by atoms with Gasteiger partial charge in [-0.3, -0.25) is 0 Å². The summed E-state index contributed by atoms with van der Waals surface area (Å²) in [5.41, 5.74) is 0.458. The van der Waals surface area contributed by atoms with E-state index in [9.17, 15) is 0 Å². The summed E-state index contributed by atoms with van der Waals surface area (Å²) in [7, 11) is 1.76. The molecule has 0 heterocycles. The molecule has 2 nitrogen and oxygen atoms in total. The third-order valence-corrected chi connectivity index (χ3v) is 3.82. The third-order valence-electron chi connectivity index (χ3n) is 3.82. The summed E-state index contributed by atoms with van der Waals surface area (Å²) in [4.78, 5) is 0. The lowest BCUT2D eigenvalue weighted by Crippen LogP contribution is -2.35. The van der Waals surface area contributed by atoms with Gasteiger partial charge >= 0.3 is 0 Å². The first-order valence-corrected chi connectivity index (χ1v) is 7.31. The van der Waals surface area contributed by atoms with Crippen molar-refractivity contribution in [1.29, 1.82) is 0 Å². The minimum absolute atomic E-state index is 0.458. The fourth-order valence-corrected chi connectivity index (χ4v) is 2.70. The van der Waals surface area contributed by atoms with Crippen molar-refractivity contribution in [3.8, 4) is 0 Å². The van der Waals surface area contributed by atoms with Gasteiger partial charge in [0, 0.05) is 20.2 Å². The molecule has 0 aliphatic rings. The largest absolute Gasteiger partial charge is 0.383 e. The van der Waals surface area contributed by atoms with Crippen LogP contribution in [0.2, 0.25) is 0 Å². The predicted octanol–water partition coefficient (Wildman–Crippen LogP) is 3.86. The van der Waals surface area contributed by atoms with Crippen molar-refractivity contribution in [2.75, 3.05) is 26.8 Å². The van der Waals surface area contributed by atoms with Crippen LogP contribution in [0.15, 0.2) is 0 Å². The van der Waals surface area contributed by atoms with Crippen LogP contribution in [0.3, 0.4) is 0 Å². The standard InChI is InChI=1S/C15H33NO/c1-6-9-15(4,12-14(7-2)8-3)13-16-10-11-17-5/h14,16H,6-13H2,1-5H3. The molecule has 0 saturated carbocycles. The summed E-state index contributed by atoms with van der Waals surface area (Å²) in [5, 5.41) is 3.54. The van der Waals surface area contributed by atoms with E-state index in [1.807, 2.05) is 0 Å². The van der Waals surface area contributed by atoms with Gasteiger partial charge in [-0.15, -0.1) is 0 Å². The molecule has 1 unspecified atom stereocenters. The number of ether oxygens (including phenoxy) is 1. The van der Waals surface area contributed by atoms with E-state index in [1.54, 1.807) is 7.11 Å². The average molecular weight is 243 g/mol. The summed E-state index contributed by atoms with van der Waals surface area (Å²) in [6.45, 7) is 12.3. The molecule has 1 N–H and O–H groups in total. The average Bonchev–Trinajstić information content (AvgIpc) is 2.32. The van der Waals surface area contributed by atoms with Crippen molar-refractivity contribution in [3.63, 3.8) is 0 Å². The van der Waals surface area contributed by atoms with Gasteiger partial charge in [0.05, 0.1) is 6.61 Å². The van der Waals surface area contributed by atoms with Crippen LogP contribution in [-0.2, 0) is 4.74 Å². The second-order valence-electron chi connectivity index (χ2n) is 5.62. The molecule has 0 fully saturated rings. The van der Waals surface area contributed by atoms with Gasteiger partial charge in [-0.1, -0.05) is 47.0 Å². The number of hydrogen-bond donors (Lipinski definition) is 1. The molecule has 0 rings (SSSR count). The Labute approximate surface area is 109 Å². The third kappa shape index (κ3) is 7.77. The van der Waals surface area contributed by atoms with Gasteiger partial charge in [0.1, 0.15) is 0 Å². The lowest BCUT2D eigenvalue weighted by atomic mass is 9.76. The van der Waals surface area contributed by atoms with Gasteiger partial charge in [0.25, 0.3) is 0 Å². The summed E-state index contributed by atoms with van der Waals surface area (Å²) >= 11 is 0. The van der Waals surface area contributed by atoms with Crippen molar-refractivity contribution >= 4 is 0 Å². The fraction of sp³-hybridized carbons (Fsp3) is 1.00. The van der Waals surface area contributed by atoms with Crippen molar-refractivity contribution in [2.24, 2.45) is 11.3 Å². The van der Waals surface area contributed by atoms with E-state index in [1.165, 1.54) is 32.1 Å². The lowest BCUT2D eigenvalue weighted by Gasteiger charge is -2.33. The summed E-state index contributed by atoms with van der Waals surface area (Å²) < 4.78 is 5.08. The van der Waals surface area contributed by atoms with Gasteiger partial charge < -0.3 is 10.1 Å². The zero-order valence-corrected chi connectivity index (χ0v) is 12.6. The zero-order chi connectivity index (χ0) is 13.1. The van der Waals surface area contributed by atoms with Crippen molar-refractivity contribution in [3.05, 3.63) is 0 Å². The SMILES string of the molecule is CCCC(C)(CNCCOC)CC(CC)CC. The maximum Gasteiger partial charge on any atom is 0.0587 e. The molecular weight excluding hydrogens is 210 g/mol. The first-order chi connectivity index (χ1) is 8.11. The first-order valence-electron chi connectivity index (χ1n) is 7.31. The Morgan fingerprint density at radius 2 is 1.82 bits per heavy atom. The van der Waals surface area contributed by atoms with Crippen LogP contribution in [0.5, 0.6) is 0 Å². The maximum absolute atomic E-state index is 5.08. The highest BCUT2D eigenvalue weighted by Crippen LogP contribution is 2.33. The van der Waals surface area contributed by atoms with Crippen LogP contribution in [0.25, 0.3) is 0 Å². The predicted molar refractivity (Wildman–Crippen MR) is 76.4 cm³/mol. The summed E-state index contributed by atoms with van der Waals surface area (Å²) in [5.74, 6) is 0.885. The zero-order valence-electron chi connectivity index (χ0n) is 12.6. The Kier molecular flexibility index (Phi) is 9.85. The number of hydrogen-bond acceptors (Lipinski definition) is 2. The smallest absolute Gasteiger partial charge is 0.0587 e. The lowest BCUT2D eigenvalue weighted by molar-refractivity contribution is 0.175. The monoisotopic (exact) mass is 243 g/mol. The Morgan fingerprint density at radius 1 is 1.18 bits per heavy atom. The van der Waals surface area contributed by atoms with Gasteiger partial charge in [-0.2, -0.15) is 0 Å². The molecule has 0 bridgehead atoms. The molecule has 0 aromatic heterocycles. The molecule has 0 aromatic rings. The Morgan fingerprint density at radius 3 is 2.29 bits per heavy atom. The number of rotatable bonds is 11. The van der Waals surface area contributed by atoms with Gasteiger partial charge in [-0.25, -0.2) is 0 Å². The number of nitrogens with one attached hydrogen (secondary N) is 1. The van der Waals surface area contributed by atoms with Crippen LogP contribution in [0.1, 0.15) is 59.8 Å². The summed E-state index contributed by atoms with van der Waals surface area (Å²) in [6, 6.07) is 0. The topological polar surface area (TPSA) is 21.3 Å². The second kappa shape index (κ2) is 9.90. The number of methoxy groups -OCH3 is 1. The Balaban J connectivity index is 4.13. The molecule has 0 amide bonds. The fourth-order valence-electron chi connectivity index (χ4n) is 2.70. The highest BCUT2D eigenvalue weighted by molar-refractivity contribution is 4.79. The minimum atomic E-state index is 0.458. The van der Waals surface area contributed by atoms with E-state index in [-0.39, 0.29) is 0 Å². The van der Waals surface area contributed by atoms with E-state index in [0.717, 1.165) is 25.6 Å². The van der Waals surface area contributed by atoms with E-state index in [4.69, 9.17) is 4.74 Å². The van der Waals surface area contributed by atoms with E-state index in [0.29, 0.717) is 5.41 Å². The minimum Gasteiger partial charge on any atom is -0.383 e. The maximum atomic E-state index is 5.08. The van der Waals surface area contributed by atoms with Crippen LogP contribution >= 0.6 is 0 Å². The van der Waals surface area contributed by atoms with Crippen LogP contribution in [0, 0.1) is 11.3 Å². The molecule has 0 aliphatic carbocycles. The highest BCUT2D eigenvalue weighted by atomic mass is 16.5. The normalized spacial score (nSPS) is 15.2. The molecule has 0 spiro atoms. The summed E-state index contributed by atoms with van der Waals surface area (Å²) in [6.07, 6.45) is 6.58. The van der Waals surface area contributed by atoms with Crippen LogP contribution in [-0.4, -0.2) is 26.8 Å². The molecular formula is C15H33NO. The van der Waals surface area contributed by atoms with Crippen LogP contribution in [0.4, 0.5) is 0 Å². The van der Waals surface area contributed by atoms with E-state index >= 15 is 0 Å². The van der Waals surface area contributed by atoms with Crippen LogP contribution < -0.4 is 5.32 Å². The van der Waals surface area contributed by atoms with Gasteiger partial charge in [-0.05, 0) is 24.2 Å². The molecule has 0 saturated heterocycles. The quantitative estimate of drug-likeness (QED) is 0.556. The van der Waals surface area contributed by atoms with E-state index < -0.39 is 0 Å². The van der Waals surface area contributed by atoms with E-state index in [2.05, 4.69) is 33.0 Å². The molecule has 0 radical (unpaired) electrons. The molecule has 0 aromatic carbocycles. The Bertz CT molecular complexity index is 168. The first kappa shape index (κ1) is 16.9. The van der Waals surface area contributed by atoms with Crippen molar-refractivity contribution < 1.29 is 4.74 Å².